The fraction of sp³-hybridized carbons (Fsp3) is 0.933. The van der Waals surface area contributed by atoms with Gasteiger partial charge < -0.3 is 15.2 Å². The Balaban J connectivity index is 3.54. The van der Waals surface area contributed by atoms with E-state index in [9.17, 15) is 19.5 Å². The maximum absolute atomic E-state index is 12.3. The molecule has 0 spiro atoms. The molecule has 0 radical (unpaired) electrons. The number of unbranched alkanes of at least 4 members (excludes halogenated alkanes) is 33. The first-order chi connectivity index (χ1) is 25.0. The summed E-state index contributed by atoms with van der Waals surface area (Å²) in [7, 11) is 0. The summed E-state index contributed by atoms with van der Waals surface area (Å²) in [4.78, 5) is 36.1. The molecular formula is C45H87NO5. The minimum atomic E-state index is -1.10. The van der Waals surface area contributed by atoms with Crippen LogP contribution >= 0.6 is 0 Å². The fourth-order valence-corrected chi connectivity index (χ4v) is 7.06. The van der Waals surface area contributed by atoms with Crippen LogP contribution < -0.4 is 5.32 Å². The normalized spacial score (nSPS) is 11.9. The minimum absolute atomic E-state index is 0.00932. The first kappa shape index (κ1) is 49.4. The smallest absolute Gasteiger partial charge is 0.326 e. The fourth-order valence-electron chi connectivity index (χ4n) is 7.06. The van der Waals surface area contributed by atoms with Crippen LogP contribution in [0.3, 0.4) is 0 Å². The summed E-state index contributed by atoms with van der Waals surface area (Å²) >= 11 is 0. The number of carbonyl (C=O) groups is 3. The second kappa shape index (κ2) is 41.2. The van der Waals surface area contributed by atoms with Crippen molar-refractivity contribution in [3.8, 4) is 0 Å². The van der Waals surface area contributed by atoms with Crippen molar-refractivity contribution in [2.45, 2.75) is 264 Å². The van der Waals surface area contributed by atoms with Crippen molar-refractivity contribution in [3.63, 3.8) is 0 Å². The van der Waals surface area contributed by atoms with Crippen molar-refractivity contribution in [2.24, 2.45) is 0 Å². The van der Waals surface area contributed by atoms with E-state index >= 15 is 0 Å². The third-order valence-corrected chi connectivity index (χ3v) is 10.5. The van der Waals surface area contributed by atoms with Gasteiger partial charge in [-0.3, -0.25) is 9.59 Å². The highest BCUT2D eigenvalue weighted by molar-refractivity contribution is 5.84. The van der Waals surface area contributed by atoms with Crippen LogP contribution in [0.2, 0.25) is 0 Å². The Morgan fingerprint density at radius 3 is 1.04 bits per heavy atom. The molecule has 1 atom stereocenters. The Hall–Kier alpha value is -1.59. The molecule has 2 N–H and O–H groups in total. The molecule has 0 heterocycles. The Kier molecular flexibility index (Phi) is 39.9. The van der Waals surface area contributed by atoms with Gasteiger partial charge in [-0.1, -0.05) is 226 Å². The number of hydrogen-bond acceptors (Lipinski definition) is 4. The molecule has 0 aliphatic heterocycles. The van der Waals surface area contributed by atoms with Crippen LogP contribution in [0, 0.1) is 0 Å². The van der Waals surface area contributed by atoms with E-state index in [1.807, 2.05) is 0 Å². The molecule has 0 rings (SSSR count). The van der Waals surface area contributed by atoms with Crippen LogP contribution in [-0.4, -0.2) is 35.6 Å². The Bertz CT molecular complexity index is 757. The molecule has 0 saturated carbocycles. The maximum Gasteiger partial charge on any atom is 0.326 e. The molecule has 0 fully saturated rings. The van der Waals surface area contributed by atoms with Gasteiger partial charge in [0.25, 0.3) is 0 Å². The number of hydrogen-bond donors (Lipinski definition) is 2. The topological polar surface area (TPSA) is 92.7 Å². The van der Waals surface area contributed by atoms with Gasteiger partial charge in [-0.25, -0.2) is 4.79 Å². The largest absolute Gasteiger partial charge is 0.480 e. The predicted octanol–water partition coefficient (Wildman–Crippen LogP) is 14.0. The zero-order chi connectivity index (χ0) is 37.3. The lowest BCUT2D eigenvalue weighted by molar-refractivity contribution is -0.145. The quantitative estimate of drug-likeness (QED) is 0.0483. The van der Waals surface area contributed by atoms with Crippen molar-refractivity contribution in [3.05, 3.63) is 0 Å². The monoisotopic (exact) mass is 722 g/mol. The van der Waals surface area contributed by atoms with E-state index in [0.717, 1.165) is 32.1 Å². The van der Waals surface area contributed by atoms with Crippen LogP contribution in [0.5, 0.6) is 0 Å². The number of aliphatic carboxylic acids is 1. The van der Waals surface area contributed by atoms with E-state index in [1.165, 1.54) is 193 Å². The van der Waals surface area contributed by atoms with Gasteiger partial charge in [0, 0.05) is 12.8 Å². The van der Waals surface area contributed by atoms with Gasteiger partial charge in [-0.05, 0) is 19.3 Å². The third-order valence-electron chi connectivity index (χ3n) is 10.5. The van der Waals surface area contributed by atoms with E-state index in [0.29, 0.717) is 13.0 Å². The Morgan fingerprint density at radius 1 is 0.431 bits per heavy atom. The van der Waals surface area contributed by atoms with Crippen LogP contribution in [-0.2, 0) is 19.1 Å². The first-order valence-corrected chi connectivity index (χ1v) is 22.7. The van der Waals surface area contributed by atoms with Gasteiger partial charge in [-0.15, -0.1) is 0 Å². The summed E-state index contributed by atoms with van der Waals surface area (Å²) in [5, 5.41) is 12.1. The summed E-state index contributed by atoms with van der Waals surface area (Å²) in [6, 6.07) is -1.04. The molecule has 1 amide bonds. The summed E-state index contributed by atoms with van der Waals surface area (Å²) in [6.45, 7) is 4.94. The molecule has 0 aliphatic carbocycles. The standard InChI is InChI=1S/C45H87NO5/c1-3-5-7-9-11-13-15-17-19-20-21-22-23-25-27-29-31-33-35-37-41-51-44(48)40-39-42(45(49)50)46-43(47)38-36-34-32-30-28-26-24-18-16-14-12-10-8-6-4-2/h42H,3-41H2,1-2H3,(H,46,47)(H,49,50)/t42-/m0/s1. The molecule has 0 bridgehead atoms. The second-order valence-electron chi connectivity index (χ2n) is 15.6. The summed E-state index contributed by atoms with van der Waals surface area (Å²) < 4.78 is 5.33. The predicted molar refractivity (Wildman–Crippen MR) is 217 cm³/mol. The van der Waals surface area contributed by atoms with Gasteiger partial charge in [0.1, 0.15) is 6.04 Å². The SMILES string of the molecule is CCCCCCCCCCCCCCCCCCCCCCOC(=O)CC[C@H](NC(=O)CCCCCCCCCCCCCCCCC)C(=O)O. The molecule has 0 aromatic carbocycles. The van der Waals surface area contributed by atoms with Crippen LogP contribution in [0.1, 0.15) is 258 Å². The number of carbonyl (C=O) groups excluding carboxylic acids is 2. The van der Waals surface area contributed by atoms with E-state index in [2.05, 4.69) is 19.2 Å². The van der Waals surface area contributed by atoms with Crippen LogP contribution in [0.4, 0.5) is 0 Å². The number of carboxylic acid groups (broad SMARTS) is 1. The molecule has 0 saturated heterocycles. The van der Waals surface area contributed by atoms with Crippen molar-refractivity contribution in [2.75, 3.05) is 6.61 Å². The molecule has 51 heavy (non-hydrogen) atoms. The zero-order valence-electron chi connectivity index (χ0n) is 34.2. The number of amides is 1. The molecule has 302 valence electrons. The highest BCUT2D eigenvalue weighted by atomic mass is 16.5. The minimum Gasteiger partial charge on any atom is -0.480 e. The number of carboxylic acids is 1. The van der Waals surface area contributed by atoms with Gasteiger partial charge in [0.05, 0.1) is 6.61 Å². The highest BCUT2D eigenvalue weighted by Gasteiger charge is 2.21. The molecule has 6 heteroatoms. The highest BCUT2D eigenvalue weighted by Crippen LogP contribution is 2.16. The molecule has 0 unspecified atom stereocenters. The zero-order valence-corrected chi connectivity index (χ0v) is 34.2. The number of rotatable bonds is 42. The van der Waals surface area contributed by atoms with Crippen molar-refractivity contribution in [1.82, 2.24) is 5.32 Å². The van der Waals surface area contributed by atoms with Gasteiger partial charge in [0.15, 0.2) is 0 Å². The number of nitrogens with one attached hydrogen (secondary N) is 1. The van der Waals surface area contributed by atoms with Crippen LogP contribution in [0.25, 0.3) is 0 Å². The Labute approximate surface area is 317 Å². The van der Waals surface area contributed by atoms with Gasteiger partial charge >= 0.3 is 11.9 Å². The summed E-state index contributed by atoms with van der Waals surface area (Å²) in [6.07, 6.45) is 46.1. The average Bonchev–Trinajstić information content (AvgIpc) is 3.12. The van der Waals surface area contributed by atoms with E-state index < -0.39 is 12.0 Å². The van der Waals surface area contributed by atoms with Crippen LogP contribution in [0.15, 0.2) is 0 Å². The first-order valence-electron chi connectivity index (χ1n) is 22.7. The van der Waals surface area contributed by atoms with Crippen molar-refractivity contribution in [1.29, 1.82) is 0 Å². The lowest BCUT2D eigenvalue weighted by atomic mass is 10.0. The molecule has 0 aromatic heterocycles. The van der Waals surface area contributed by atoms with E-state index in [4.69, 9.17) is 4.74 Å². The Morgan fingerprint density at radius 2 is 0.725 bits per heavy atom. The molecular weight excluding hydrogens is 634 g/mol. The molecule has 0 aliphatic rings. The van der Waals surface area contributed by atoms with Gasteiger partial charge in [0.2, 0.25) is 5.91 Å². The van der Waals surface area contributed by atoms with Gasteiger partial charge in [-0.2, -0.15) is 0 Å². The lowest BCUT2D eigenvalue weighted by Crippen LogP contribution is -2.41. The third kappa shape index (κ3) is 39.5. The average molecular weight is 722 g/mol. The summed E-state index contributed by atoms with van der Waals surface area (Å²) in [5.74, 6) is -1.72. The summed E-state index contributed by atoms with van der Waals surface area (Å²) in [5.41, 5.74) is 0. The number of esters is 1. The van der Waals surface area contributed by atoms with Crippen molar-refractivity contribution >= 4 is 17.8 Å². The maximum atomic E-state index is 12.3. The van der Waals surface area contributed by atoms with Crippen molar-refractivity contribution < 1.29 is 24.2 Å². The van der Waals surface area contributed by atoms with E-state index in [1.54, 1.807) is 0 Å². The molecule has 6 nitrogen and oxygen atoms in total. The molecule has 0 aromatic rings. The lowest BCUT2D eigenvalue weighted by Gasteiger charge is -2.14. The second-order valence-corrected chi connectivity index (χ2v) is 15.6. The van der Waals surface area contributed by atoms with E-state index in [-0.39, 0.29) is 24.7 Å². The number of ether oxygens (including phenoxy) is 1.